The molecule has 0 bridgehead atoms. The van der Waals surface area contributed by atoms with E-state index in [0.29, 0.717) is 5.41 Å². The van der Waals surface area contributed by atoms with Gasteiger partial charge in [0.1, 0.15) is 0 Å². The molecule has 0 saturated carbocycles. The average Bonchev–Trinajstić information content (AvgIpc) is 2.04. The summed E-state index contributed by atoms with van der Waals surface area (Å²) in [5.74, 6) is 0. The quantitative estimate of drug-likeness (QED) is 0.476. The molecule has 0 N–H and O–H groups in total. The molecule has 0 atom stereocenters. The second-order valence-corrected chi connectivity index (χ2v) is 4.75. The summed E-state index contributed by atoms with van der Waals surface area (Å²) in [5, 5.41) is 0. The average molecular weight is 162 g/mol. The van der Waals surface area contributed by atoms with E-state index in [1.54, 1.807) is 11.1 Å². The zero-order valence-corrected chi connectivity index (χ0v) is 8.24. The fraction of sp³-hybridized carbons (Fsp3) is 0.750. The van der Waals surface area contributed by atoms with Crippen LogP contribution in [-0.4, -0.2) is 0 Å². The molecule has 0 spiro atoms. The summed E-state index contributed by atoms with van der Waals surface area (Å²) in [4.78, 5) is 0. The molecule has 0 aromatic heterocycles. The Morgan fingerprint density at radius 3 is 2.83 bits per heavy atom. The fourth-order valence-corrected chi connectivity index (χ4v) is 2.62. The van der Waals surface area contributed by atoms with Gasteiger partial charge in [0, 0.05) is 0 Å². The highest BCUT2D eigenvalue weighted by atomic mass is 14.4. The number of hydrogen-bond acceptors (Lipinski definition) is 0. The van der Waals surface area contributed by atoms with Gasteiger partial charge in [-0.1, -0.05) is 25.0 Å². The molecule has 0 aliphatic heterocycles. The molecule has 0 heterocycles. The Morgan fingerprint density at radius 1 is 1.25 bits per heavy atom. The van der Waals surface area contributed by atoms with Crippen molar-refractivity contribution >= 4 is 0 Å². The van der Waals surface area contributed by atoms with Gasteiger partial charge < -0.3 is 0 Å². The first-order valence-electron chi connectivity index (χ1n) is 5.12. The molecular formula is C12H18. The van der Waals surface area contributed by atoms with Gasteiger partial charge in [-0.15, -0.1) is 0 Å². The van der Waals surface area contributed by atoms with Crippen LogP contribution in [0.15, 0.2) is 11.1 Å². The smallest absolute Gasteiger partial charge is 0.0126 e. The van der Waals surface area contributed by atoms with Crippen LogP contribution in [0.2, 0.25) is 0 Å². The lowest BCUT2D eigenvalue weighted by Gasteiger charge is -2.37. The number of hydrogen-bond donors (Lipinski definition) is 0. The maximum atomic E-state index is 3.48. The van der Waals surface area contributed by atoms with Crippen molar-refractivity contribution in [2.45, 2.75) is 52.4 Å². The fourth-order valence-electron chi connectivity index (χ4n) is 2.62. The number of allylic oxidation sites excluding steroid dienone is 2. The summed E-state index contributed by atoms with van der Waals surface area (Å²) in [7, 11) is 0. The van der Waals surface area contributed by atoms with Gasteiger partial charge in [-0.2, -0.15) is 0 Å². The van der Waals surface area contributed by atoms with Crippen LogP contribution in [0.5, 0.6) is 0 Å². The molecule has 0 saturated heterocycles. The van der Waals surface area contributed by atoms with E-state index in [0.717, 1.165) is 6.42 Å². The van der Waals surface area contributed by atoms with Crippen molar-refractivity contribution in [1.29, 1.82) is 0 Å². The molecule has 0 heteroatoms. The Labute approximate surface area is 76.1 Å². The van der Waals surface area contributed by atoms with Gasteiger partial charge in [-0.25, -0.2) is 0 Å². The van der Waals surface area contributed by atoms with Crippen LogP contribution in [0.25, 0.3) is 0 Å². The maximum absolute atomic E-state index is 3.48. The summed E-state index contributed by atoms with van der Waals surface area (Å²) in [6.45, 7) is 4.79. The predicted molar refractivity (Wildman–Crippen MR) is 51.8 cm³/mol. The Hall–Kier alpha value is -0.260. The normalized spacial score (nSPS) is 28.5. The topological polar surface area (TPSA) is 0 Å². The lowest BCUT2D eigenvalue weighted by molar-refractivity contribution is 0.347. The van der Waals surface area contributed by atoms with E-state index in [-0.39, 0.29) is 0 Å². The first-order chi connectivity index (χ1) is 5.70. The van der Waals surface area contributed by atoms with Gasteiger partial charge in [0.05, 0.1) is 0 Å². The minimum atomic E-state index is 0.487. The standard InChI is InChI=1S/C12H18/c1-12(2)9-5-7-10-6-3-4-8-11(10)12/h3,5-9H2,1-2H3. The largest absolute Gasteiger partial charge is 0.0704 e. The van der Waals surface area contributed by atoms with Gasteiger partial charge in [-0.05, 0) is 50.4 Å². The Morgan fingerprint density at radius 2 is 2.08 bits per heavy atom. The van der Waals surface area contributed by atoms with Crippen LogP contribution in [0.3, 0.4) is 0 Å². The van der Waals surface area contributed by atoms with E-state index < -0.39 is 0 Å². The molecule has 2 rings (SSSR count). The van der Waals surface area contributed by atoms with Crippen LogP contribution < -0.4 is 0 Å². The van der Waals surface area contributed by atoms with E-state index >= 15 is 0 Å². The van der Waals surface area contributed by atoms with Gasteiger partial charge in [0.15, 0.2) is 0 Å². The summed E-state index contributed by atoms with van der Waals surface area (Å²) in [6, 6.07) is 0. The lowest BCUT2D eigenvalue weighted by atomic mass is 9.68. The van der Waals surface area contributed by atoms with Crippen molar-refractivity contribution in [3.63, 3.8) is 0 Å². The van der Waals surface area contributed by atoms with Crippen molar-refractivity contribution in [3.8, 4) is 0 Å². The molecule has 0 unspecified atom stereocenters. The van der Waals surface area contributed by atoms with Crippen LogP contribution >= 0.6 is 0 Å². The molecule has 2 aliphatic rings. The zero-order valence-electron chi connectivity index (χ0n) is 8.24. The minimum absolute atomic E-state index is 0.487. The Kier molecular flexibility index (Phi) is 2.02. The molecule has 0 aromatic rings. The third-order valence-electron chi connectivity index (χ3n) is 3.43. The zero-order chi connectivity index (χ0) is 8.60. The maximum Gasteiger partial charge on any atom is -0.0126 e. The first kappa shape index (κ1) is 8.34. The predicted octanol–water partition coefficient (Wildman–Crippen LogP) is 3.76. The summed E-state index contributed by atoms with van der Waals surface area (Å²) in [5.41, 5.74) is 3.98. The van der Waals surface area contributed by atoms with Crippen LogP contribution in [0.4, 0.5) is 0 Å². The molecule has 66 valence electrons. The van der Waals surface area contributed by atoms with E-state index in [4.69, 9.17) is 0 Å². The second kappa shape index (κ2) is 2.90. The van der Waals surface area contributed by atoms with Gasteiger partial charge in [-0.3, -0.25) is 0 Å². The van der Waals surface area contributed by atoms with Crippen molar-refractivity contribution in [2.75, 3.05) is 0 Å². The van der Waals surface area contributed by atoms with Gasteiger partial charge >= 0.3 is 0 Å². The third-order valence-corrected chi connectivity index (χ3v) is 3.43. The van der Waals surface area contributed by atoms with Gasteiger partial charge in [0.2, 0.25) is 0 Å². The highest BCUT2D eigenvalue weighted by molar-refractivity contribution is 5.27. The van der Waals surface area contributed by atoms with Crippen molar-refractivity contribution < 1.29 is 0 Å². The molecule has 2 aliphatic carbocycles. The minimum Gasteiger partial charge on any atom is -0.0704 e. The molecule has 2 radical (unpaired) electrons. The van der Waals surface area contributed by atoms with E-state index in [1.165, 1.54) is 32.1 Å². The Balaban J connectivity index is 2.30. The van der Waals surface area contributed by atoms with E-state index in [9.17, 15) is 0 Å². The molecule has 12 heavy (non-hydrogen) atoms. The van der Waals surface area contributed by atoms with E-state index in [2.05, 4.69) is 20.3 Å². The molecular weight excluding hydrogens is 144 g/mol. The van der Waals surface area contributed by atoms with Crippen LogP contribution in [0.1, 0.15) is 52.4 Å². The Bertz CT molecular complexity index is 204. The summed E-state index contributed by atoms with van der Waals surface area (Å²) in [6.07, 6.45) is 11.3. The highest BCUT2D eigenvalue weighted by Gasteiger charge is 2.30. The third kappa shape index (κ3) is 1.32. The van der Waals surface area contributed by atoms with E-state index in [1.807, 2.05) is 0 Å². The highest BCUT2D eigenvalue weighted by Crippen LogP contribution is 2.45. The molecule has 0 amide bonds. The monoisotopic (exact) mass is 162 g/mol. The van der Waals surface area contributed by atoms with Crippen molar-refractivity contribution in [1.82, 2.24) is 0 Å². The van der Waals surface area contributed by atoms with Crippen LogP contribution in [0, 0.1) is 11.8 Å². The van der Waals surface area contributed by atoms with Crippen molar-refractivity contribution in [3.05, 3.63) is 17.6 Å². The molecule has 0 aromatic carbocycles. The van der Waals surface area contributed by atoms with Crippen LogP contribution in [-0.2, 0) is 0 Å². The van der Waals surface area contributed by atoms with Crippen molar-refractivity contribution in [2.24, 2.45) is 5.41 Å². The number of rotatable bonds is 0. The van der Waals surface area contributed by atoms with Gasteiger partial charge in [0.25, 0.3) is 0 Å². The SMILES string of the molecule is CC1(C)CCCC2=C1C[C]CC2. The summed E-state index contributed by atoms with van der Waals surface area (Å²) >= 11 is 0. The second-order valence-electron chi connectivity index (χ2n) is 4.75. The lowest BCUT2D eigenvalue weighted by Crippen LogP contribution is -2.23. The molecule has 0 fully saturated rings. The molecule has 0 nitrogen and oxygen atoms in total. The summed E-state index contributed by atoms with van der Waals surface area (Å²) < 4.78 is 0. The first-order valence-corrected chi connectivity index (χ1v) is 5.12.